The number of nitrogens with zero attached hydrogens (tertiary/aromatic N) is 2. The number of nitrogens with two attached hydrogens (primary N) is 1. The van der Waals surface area contributed by atoms with Crippen molar-refractivity contribution in [1.82, 2.24) is 10.3 Å². The molecule has 0 atom stereocenters. The lowest BCUT2D eigenvalue weighted by molar-refractivity contribution is 0.0968. The molecule has 0 spiro atoms. The summed E-state index contributed by atoms with van der Waals surface area (Å²) in [5, 5.41) is 3.62. The van der Waals surface area contributed by atoms with Gasteiger partial charge in [-0.2, -0.15) is 0 Å². The topological polar surface area (TPSA) is 71.2 Å². The molecule has 0 bridgehead atoms. The van der Waals surface area contributed by atoms with Crippen molar-refractivity contribution in [3.05, 3.63) is 35.0 Å². The van der Waals surface area contributed by atoms with E-state index in [1.807, 2.05) is 31.5 Å². The molecule has 112 valence electrons. The van der Waals surface area contributed by atoms with E-state index in [1.54, 1.807) is 25.0 Å². The Morgan fingerprint density at radius 2 is 2.29 bits per heavy atom. The highest BCUT2D eigenvalue weighted by molar-refractivity contribution is 7.99. The summed E-state index contributed by atoms with van der Waals surface area (Å²) in [6, 6.07) is 5.83. The maximum Gasteiger partial charge on any atom is 0.263 e. The molecule has 7 heteroatoms. The number of nitrogens with one attached hydrogen (secondary N) is 1. The number of thioether (sulfide) groups is 1. The van der Waals surface area contributed by atoms with Crippen LogP contribution in [0.4, 0.5) is 10.7 Å². The summed E-state index contributed by atoms with van der Waals surface area (Å²) in [6.45, 7) is 0.668. The normalized spacial score (nSPS) is 10.4. The number of nitrogen functional groups attached to an aromatic ring is 1. The molecule has 2 aromatic heterocycles. The van der Waals surface area contributed by atoms with Crippen LogP contribution in [0, 0.1) is 0 Å². The third-order valence-corrected chi connectivity index (χ3v) is 5.26. The first-order valence-corrected chi connectivity index (χ1v) is 8.42. The summed E-state index contributed by atoms with van der Waals surface area (Å²) in [7, 11) is 3.59. The van der Waals surface area contributed by atoms with E-state index < -0.39 is 0 Å². The fourth-order valence-electron chi connectivity index (χ4n) is 1.95. The van der Waals surface area contributed by atoms with Gasteiger partial charge in [-0.25, -0.2) is 0 Å². The van der Waals surface area contributed by atoms with E-state index in [4.69, 9.17) is 5.73 Å². The van der Waals surface area contributed by atoms with Crippen LogP contribution in [0.1, 0.15) is 15.4 Å². The van der Waals surface area contributed by atoms with Crippen molar-refractivity contribution in [3.63, 3.8) is 0 Å². The van der Waals surface area contributed by atoms with Gasteiger partial charge in [-0.05, 0) is 18.4 Å². The summed E-state index contributed by atoms with van der Waals surface area (Å²) in [6.07, 6.45) is 3.74. The highest BCUT2D eigenvalue weighted by atomic mass is 32.2. The van der Waals surface area contributed by atoms with E-state index in [-0.39, 0.29) is 5.91 Å². The fourth-order valence-corrected chi connectivity index (χ4v) is 4.07. The molecule has 21 heavy (non-hydrogen) atoms. The second-order valence-electron chi connectivity index (χ2n) is 4.44. The van der Waals surface area contributed by atoms with E-state index in [0.717, 1.165) is 15.6 Å². The zero-order valence-corrected chi connectivity index (χ0v) is 13.8. The number of carbonyl (C=O) groups excluding carboxylic acids is 1. The van der Waals surface area contributed by atoms with Gasteiger partial charge < -0.3 is 16.0 Å². The molecule has 0 radical (unpaired) electrons. The van der Waals surface area contributed by atoms with Gasteiger partial charge in [0.1, 0.15) is 9.88 Å². The minimum Gasteiger partial charge on any atom is -0.396 e. The van der Waals surface area contributed by atoms with Crippen molar-refractivity contribution in [2.75, 3.05) is 31.0 Å². The Labute approximate surface area is 132 Å². The molecule has 1 amide bonds. The molecule has 2 heterocycles. The van der Waals surface area contributed by atoms with Gasteiger partial charge in [-0.3, -0.25) is 9.78 Å². The third-order valence-electron chi connectivity index (χ3n) is 2.99. The second-order valence-corrected chi connectivity index (χ2v) is 6.26. The van der Waals surface area contributed by atoms with Crippen LogP contribution in [0.15, 0.2) is 29.3 Å². The molecule has 5 nitrogen and oxygen atoms in total. The van der Waals surface area contributed by atoms with Crippen LogP contribution in [0.25, 0.3) is 0 Å². The number of amides is 1. The molecule has 0 aliphatic rings. The van der Waals surface area contributed by atoms with Crippen LogP contribution < -0.4 is 16.0 Å². The van der Waals surface area contributed by atoms with Gasteiger partial charge in [-0.15, -0.1) is 23.1 Å². The molecular weight excluding hydrogens is 304 g/mol. The van der Waals surface area contributed by atoms with Gasteiger partial charge in [-0.1, -0.05) is 6.07 Å². The Morgan fingerprint density at radius 3 is 2.86 bits per heavy atom. The van der Waals surface area contributed by atoms with Gasteiger partial charge >= 0.3 is 0 Å². The first-order chi connectivity index (χ1) is 10.1. The van der Waals surface area contributed by atoms with Gasteiger partial charge in [0.2, 0.25) is 0 Å². The van der Waals surface area contributed by atoms with E-state index >= 15 is 0 Å². The Morgan fingerprint density at radius 1 is 1.52 bits per heavy atom. The van der Waals surface area contributed by atoms with E-state index in [9.17, 15) is 4.79 Å². The Balaban J connectivity index is 2.32. The van der Waals surface area contributed by atoms with Crippen molar-refractivity contribution in [3.8, 4) is 0 Å². The molecule has 0 aromatic carbocycles. The Bertz CT molecular complexity index is 627. The first-order valence-electron chi connectivity index (χ1n) is 6.37. The average Bonchev–Trinajstić information content (AvgIpc) is 2.84. The lowest BCUT2D eigenvalue weighted by Crippen LogP contribution is -2.17. The molecule has 2 aromatic rings. The summed E-state index contributed by atoms with van der Waals surface area (Å²) < 4.78 is 0. The van der Waals surface area contributed by atoms with Gasteiger partial charge in [0, 0.05) is 20.3 Å². The molecule has 0 aliphatic heterocycles. The summed E-state index contributed by atoms with van der Waals surface area (Å²) in [4.78, 5) is 19.8. The molecule has 2 rings (SSSR count). The van der Waals surface area contributed by atoms with E-state index in [1.165, 1.54) is 11.3 Å². The molecule has 0 saturated heterocycles. The molecular formula is C14H18N4OS2. The molecule has 0 fully saturated rings. The zero-order chi connectivity index (χ0) is 15.4. The van der Waals surface area contributed by atoms with Crippen LogP contribution in [-0.4, -0.2) is 31.2 Å². The highest BCUT2D eigenvalue weighted by Gasteiger charge is 2.22. The van der Waals surface area contributed by atoms with Crippen molar-refractivity contribution in [2.45, 2.75) is 11.4 Å². The lowest BCUT2D eigenvalue weighted by atomic mass is 10.3. The zero-order valence-electron chi connectivity index (χ0n) is 12.2. The van der Waals surface area contributed by atoms with Crippen molar-refractivity contribution in [2.24, 2.45) is 0 Å². The van der Waals surface area contributed by atoms with Crippen LogP contribution in [0.3, 0.4) is 0 Å². The minimum atomic E-state index is -0.148. The number of thiophene rings is 1. The lowest BCUT2D eigenvalue weighted by Gasteiger charge is -2.18. The standard InChI is InChI=1S/C14H18N4OS2/c1-16-13(19)11-10(15)12(20-3)14(21-11)18(2)8-9-6-4-5-7-17-9/h4-7H,8,15H2,1-3H3,(H,16,19). The van der Waals surface area contributed by atoms with Crippen LogP contribution >= 0.6 is 23.1 Å². The number of rotatable bonds is 5. The number of hydrogen-bond acceptors (Lipinski definition) is 6. The molecule has 3 N–H and O–H groups in total. The van der Waals surface area contributed by atoms with Crippen molar-refractivity contribution >= 4 is 39.7 Å². The number of aromatic nitrogens is 1. The monoisotopic (exact) mass is 322 g/mol. The first kappa shape index (κ1) is 15.7. The maximum absolute atomic E-state index is 11.9. The number of pyridine rings is 1. The minimum absolute atomic E-state index is 0.148. The number of carbonyl (C=O) groups is 1. The number of hydrogen-bond donors (Lipinski definition) is 2. The Hall–Kier alpha value is -1.73. The van der Waals surface area contributed by atoms with Gasteiger partial charge in [0.25, 0.3) is 5.91 Å². The van der Waals surface area contributed by atoms with Gasteiger partial charge in [0.15, 0.2) is 0 Å². The van der Waals surface area contributed by atoms with Crippen LogP contribution in [0.5, 0.6) is 0 Å². The SMILES string of the molecule is CNC(=O)c1sc(N(C)Cc2ccccn2)c(SC)c1N. The second kappa shape index (κ2) is 6.82. The summed E-state index contributed by atoms with van der Waals surface area (Å²) >= 11 is 2.96. The molecule has 0 saturated carbocycles. The largest absolute Gasteiger partial charge is 0.396 e. The Kier molecular flexibility index (Phi) is 5.08. The predicted molar refractivity (Wildman–Crippen MR) is 90.2 cm³/mol. The maximum atomic E-state index is 11.9. The smallest absolute Gasteiger partial charge is 0.263 e. The number of anilines is 2. The van der Waals surface area contributed by atoms with Gasteiger partial charge in [0.05, 0.1) is 22.8 Å². The quantitative estimate of drug-likeness (QED) is 0.827. The summed E-state index contributed by atoms with van der Waals surface area (Å²) in [5.41, 5.74) is 7.63. The van der Waals surface area contributed by atoms with E-state index in [0.29, 0.717) is 17.1 Å². The fraction of sp³-hybridized carbons (Fsp3) is 0.286. The summed E-state index contributed by atoms with van der Waals surface area (Å²) in [5.74, 6) is -0.148. The molecule has 0 unspecified atom stereocenters. The van der Waals surface area contributed by atoms with Crippen molar-refractivity contribution in [1.29, 1.82) is 0 Å². The van der Waals surface area contributed by atoms with Crippen LogP contribution in [-0.2, 0) is 6.54 Å². The predicted octanol–water partition coefficient (Wildman–Crippen LogP) is 2.44. The van der Waals surface area contributed by atoms with Crippen molar-refractivity contribution < 1.29 is 4.79 Å². The van der Waals surface area contributed by atoms with Crippen LogP contribution in [0.2, 0.25) is 0 Å². The third kappa shape index (κ3) is 3.30. The average molecular weight is 322 g/mol. The van der Waals surface area contributed by atoms with E-state index in [2.05, 4.69) is 15.2 Å². The highest BCUT2D eigenvalue weighted by Crippen LogP contribution is 2.43. The molecule has 0 aliphatic carbocycles.